The minimum atomic E-state index is 0.749. The highest BCUT2D eigenvalue weighted by Crippen LogP contribution is 2.30. The van der Waals surface area contributed by atoms with Gasteiger partial charge in [-0.1, -0.05) is 23.4 Å². The molecule has 18 heavy (non-hydrogen) atoms. The number of rotatable bonds is 1. The molecule has 3 heteroatoms. The summed E-state index contributed by atoms with van der Waals surface area (Å²) in [4.78, 5) is 0. The number of anilines is 1. The van der Waals surface area contributed by atoms with E-state index in [0.29, 0.717) is 0 Å². The standard InChI is InChI=1S/C15H14N2O/c1-9-7-10(2)15-13(8-9)14(17-18-15)11-3-5-12(16)6-4-11/h3-8H,16H2,1-2H3. The number of nitrogen functional groups attached to an aromatic ring is 1. The van der Waals surface area contributed by atoms with Crippen molar-refractivity contribution in [2.24, 2.45) is 0 Å². The van der Waals surface area contributed by atoms with E-state index in [0.717, 1.165) is 33.5 Å². The molecule has 2 aromatic carbocycles. The zero-order valence-electron chi connectivity index (χ0n) is 10.4. The maximum absolute atomic E-state index is 5.70. The maximum Gasteiger partial charge on any atom is 0.170 e. The number of aromatic nitrogens is 1. The summed E-state index contributed by atoms with van der Waals surface area (Å²) in [6.45, 7) is 4.11. The van der Waals surface area contributed by atoms with E-state index in [1.165, 1.54) is 5.56 Å². The van der Waals surface area contributed by atoms with Crippen LogP contribution in [0.1, 0.15) is 11.1 Å². The second kappa shape index (κ2) is 3.88. The molecule has 0 aliphatic rings. The number of nitrogens with two attached hydrogens (primary N) is 1. The Morgan fingerprint density at radius 2 is 1.78 bits per heavy atom. The minimum Gasteiger partial charge on any atom is -0.399 e. The summed E-state index contributed by atoms with van der Waals surface area (Å²) in [5, 5.41) is 5.23. The van der Waals surface area contributed by atoms with Gasteiger partial charge in [0.15, 0.2) is 5.58 Å². The largest absolute Gasteiger partial charge is 0.399 e. The van der Waals surface area contributed by atoms with Crippen molar-refractivity contribution in [2.45, 2.75) is 13.8 Å². The van der Waals surface area contributed by atoms with Gasteiger partial charge in [-0.3, -0.25) is 0 Å². The minimum absolute atomic E-state index is 0.749. The third-order valence-corrected chi connectivity index (χ3v) is 3.09. The summed E-state index contributed by atoms with van der Waals surface area (Å²) in [7, 11) is 0. The fourth-order valence-corrected chi connectivity index (χ4v) is 2.24. The molecule has 90 valence electrons. The Morgan fingerprint density at radius 3 is 2.50 bits per heavy atom. The molecule has 0 saturated heterocycles. The number of aryl methyl sites for hydroxylation is 2. The summed E-state index contributed by atoms with van der Waals surface area (Å²) >= 11 is 0. The first-order valence-corrected chi connectivity index (χ1v) is 5.88. The molecule has 0 bridgehead atoms. The Bertz CT molecular complexity index is 711. The first-order chi connectivity index (χ1) is 8.65. The lowest BCUT2D eigenvalue weighted by molar-refractivity contribution is 0.458. The second-order valence-electron chi connectivity index (χ2n) is 4.61. The van der Waals surface area contributed by atoms with Crippen LogP contribution in [0.4, 0.5) is 5.69 Å². The van der Waals surface area contributed by atoms with Gasteiger partial charge in [-0.05, 0) is 43.2 Å². The predicted octanol–water partition coefficient (Wildman–Crippen LogP) is 3.69. The van der Waals surface area contributed by atoms with Gasteiger partial charge in [0.1, 0.15) is 5.69 Å². The van der Waals surface area contributed by atoms with Crippen LogP contribution < -0.4 is 5.73 Å². The third-order valence-electron chi connectivity index (χ3n) is 3.09. The highest BCUT2D eigenvalue weighted by molar-refractivity contribution is 5.93. The first kappa shape index (κ1) is 10.8. The Labute approximate surface area is 105 Å². The van der Waals surface area contributed by atoms with Crippen LogP contribution in [0.3, 0.4) is 0 Å². The summed E-state index contributed by atoms with van der Waals surface area (Å²) < 4.78 is 5.44. The third kappa shape index (κ3) is 1.64. The zero-order chi connectivity index (χ0) is 12.7. The van der Waals surface area contributed by atoms with E-state index >= 15 is 0 Å². The molecule has 0 aliphatic carbocycles. The van der Waals surface area contributed by atoms with Gasteiger partial charge in [0.05, 0.1) is 5.39 Å². The van der Waals surface area contributed by atoms with Gasteiger partial charge < -0.3 is 10.3 Å². The molecular weight excluding hydrogens is 224 g/mol. The number of hydrogen-bond donors (Lipinski definition) is 1. The van der Waals surface area contributed by atoms with E-state index in [1.807, 2.05) is 31.2 Å². The lowest BCUT2D eigenvalue weighted by atomic mass is 10.0. The van der Waals surface area contributed by atoms with Crippen molar-refractivity contribution in [2.75, 3.05) is 5.73 Å². The van der Waals surface area contributed by atoms with E-state index in [1.54, 1.807) is 0 Å². The normalized spacial score (nSPS) is 11.0. The highest BCUT2D eigenvalue weighted by atomic mass is 16.5. The first-order valence-electron chi connectivity index (χ1n) is 5.88. The van der Waals surface area contributed by atoms with Crippen LogP contribution in [0.5, 0.6) is 0 Å². The van der Waals surface area contributed by atoms with Crippen LogP contribution in [0, 0.1) is 13.8 Å². The smallest absolute Gasteiger partial charge is 0.170 e. The van der Waals surface area contributed by atoms with Crippen LogP contribution in [-0.4, -0.2) is 5.16 Å². The molecule has 0 radical (unpaired) electrons. The van der Waals surface area contributed by atoms with Crippen LogP contribution in [-0.2, 0) is 0 Å². The average molecular weight is 238 g/mol. The lowest BCUT2D eigenvalue weighted by Gasteiger charge is -2.00. The van der Waals surface area contributed by atoms with Crippen LogP contribution >= 0.6 is 0 Å². The number of hydrogen-bond acceptors (Lipinski definition) is 3. The predicted molar refractivity (Wildman–Crippen MR) is 73.3 cm³/mol. The van der Waals surface area contributed by atoms with Gasteiger partial charge in [-0.15, -0.1) is 0 Å². The van der Waals surface area contributed by atoms with E-state index in [-0.39, 0.29) is 0 Å². The molecule has 1 heterocycles. The van der Waals surface area contributed by atoms with Gasteiger partial charge in [0.25, 0.3) is 0 Å². The molecule has 3 rings (SSSR count). The molecule has 0 spiro atoms. The van der Waals surface area contributed by atoms with Gasteiger partial charge in [-0.25, -0.2) is 0 Å². The average Bonchev–Trinajstić information content (AvgIpc) is 2.74. The fourth-order valence-electron chi connectivity index (χ4n) is 2.24. The van der Waals surface area contributed by atoms with E-state index < -0.39 is 0 Å². The Hall–Kier alpha value is -2.29. The Balaban J connectivity index is 2.27. The van der Waals surface area contributed by atoms with E-state index in [4.69, 9.17) is 10.3 Å². The topological polar surface area (TPSA) is 52.0 Å². The summed E-state index contributed by atoms with van der Waals surface area (Å²) in [5.74, 6) is 0. The summed E-state index contributed by atoms with van der Waals surface area (Å²) in [6, 6.07) is 11.9. The van der Waals surface area contributed by atoms with Crippen LogP contribution in [0.15, 0.2) is 40.9 Å². The Morgan fingerprint density at radius 1 is 1.06 bits per heavy atom. The number of benzene rings is 2. The molecule has 1 aromatic heterocycles. The van der Waals surface area contributed by atoms with Crippen molar-refractivity contribution in [3.63, 3.8) is 0 Å². The fraction of sp³-hybridized carbons (Fsp3) is 0.133. The number of fused-ring (bicyclic) bond motifs is 1. The lowest BCUT2D eigenvalue weighted by Crippen LogP contribution is -1.84. The molecule has 0 saturated carbocycles. The molecule has 3 aromatic rings. The SMILES string of the molecule is Cc1cc(C)c2onc(-c3ccc(N)cc3)c2c1. The van der Waals surface area contributed by atoms with Crippen molar-refractivity contribution in [1.29, 1.82) is 0 Å². The van der Waals surface area contributed by atoms with Crippen LogP contribution in [0.25, 0.3) is 22.2 Å². The maximum atomic E-state index is 5.70. The van der Waals surface area contributed by atoms with E-state index in [9.17, 15) is 0 Å². The molecule has 0 amide bonds. The quantitative estimate of drug-likeness (QED) is 0.658. The van der Waals surface area contributed by atoms with Gasteiger partial charge in [-0.2, -0.15) is 0 Å². The van der Waals surface area contributed by atoms with Crippen molar-refractivity contribution >= 4 is 16.7 Å². The molecular formula is C15H14N2O. The Kier molecular flexibility index (Phi) is 2.33. The second-order valence-corrected chi connectivity index (χ2v) is 4.61. The molecule has 2 N–H and O–H groups in total. The molecule has 0 fully saturated rings. The molecule has 3 nitrogen and oxygen atoms in total. The monoisotopic (exact) mass is 238 g/mol. The molecule has 0 aliphatic heterocycles. The molecule has 0 unspecified atom stereocenters. The van der Waals surface area contributed by atoms with Gasteiger partial charge in [0, 0.05) is 11.3 Å². The summed E-state index contributed by atoms with van der Waals surface area (Å²) in [5.41, 5.74) is 11.5. The van der Waals surface area contributed by atoms with Gasteiger partial charge >= 0.3 is 0 Å². The van der Waals surface area contributed by atoms with Crippen molar-refractivity contribution in [3.8, 4) is 11.3 Å². The van der Waals surface area contributed by atoms with Crippen molar-refractivity contribution < 1.29 is 4.52 Å². The highest BCUT2D eigenvalue weighted by Gasteiger charge is 2.12. The van der Waals surface area contributed by atoms with E-state index in [2.05, 4.69) is 24.2 Å². The van der Waals surface area contributed by atoms with Crippen molar-refractivity contribution in [1.82, 2.24) is 5.16 Å². The van der Waals surface area contributed by atoms with Gasteiger partial charge in [0.2, 0.25) is 0 Å². The number of nitrogens with zero attached hydrogens (tertiary/aromatic N) is 1. The molecule has 0 atom stereocenters. The zero-order valence-corrected chi connectivity index (χ0v) is 10.4. The summed E-state index contributed by atoms with van der Waals surface area (Å²) in [6.07, 6.45) is 0. The van der Waals surface area contributed by atoms with Crippen LogP contribution in [0.2, 0.25) is 0 Å². The van der Waals surface area contributed by atoms with Crippen molar-refractivity contribution in [3.05, 3.63) is 47.5 Å².